The summed E-state index contributed by atoms with van der Waals surface area (Å²) in [6.07, 6.45) is -0.0471. The van der Waals surface area contributed by atoms with E-state index < -0.39 is 6.04 Å². The molecule has 2 atom stereocenters. The molecule has 1 aliphatic rings. The standard InChI is InChI=1S/C17H20N2O2S/c1-12-2-4-13(5-3-12)16(18)17(20)19-7-8-21-15(10-19)14-6-9-22-11-14/h2-6,9,11,15-16H,7-8,10,18H2,1H3. The Labute approximate surface area is 134 Å². The maximum atomic E-state index is 12.6. The predicted octanol–water partition coefficient (Wildman–Crippen LogP) is 2.66. The van der Waals surface area contributed by atoms with Crippen molar-refractivity contribution in [3.8, 4) is 0 Å². The molecule has 2 aromatic rings. The van der Waals surface area contributed by atoms with E-state index >= 15 is 0 Å². The Bertz CT molecular complexity index is 625. The molecule has 4 nitrogen and oxygen atoms in total. The van der Waals surface area contributed by atoms with Crippen molar-refractivity contribution in [2.24, 2.45) is 5.73 Å². The van der Waals surface area contributed by atoms with Crippen molar-refractivity contribution in [1.29, 1.82) is 0 Å². The number of amides is 1. The van der Waals surface area contributed by atoms with Gasteiger partial charge in [0, 0.05) is 6.54 Å². The normalized spacial score (nSPS) is 19.9. The summed E-state index contributed by atoms with van der Waals surface area (Å²) in [6.45, 7) is 3.73. The van der Waals surface area contributed by atoms with Crippen LogP contribution in [-0.2, 0) is 9.53 Å². The van der Waals surface area contributed by atoms with E-state index in [0.717, 1.165) is 16.7 Å². The number of rotatable bonds is 3. The van der Waals surface area contributed by atoms with Crippen molar-refractivity contribution >= 4 is 17.2 Å². The topological polar surface area (TPSA) is 55.6 Å². The minimum Gasteiger partial charge on any atom is -0.370 e. The number of ether oxygens (including phenoxy) is 1. The van der Waals surface area contributed by atoms with Gasteiger partial charge in [-0.2, -0.15) is 11.3 Å². The lowest BCUT2D eigenvalue weighted by Crippen LogP contribution is -2.46. The maximum absolute atomic E-state index is 12.6. The van der Waals surface area contributed by atoms with Crippen LogP contribution < -0.4 is 5.73 Å². The summed E-state index contributed by atoms with van der Waals surface area (Å²) in [5.74, 6) is -0.0348. The fraction of sp³-hybridized carbons (Fsp3) is 0.353. The van der Waals surface area contributed by atoms with Crippen LogP contribution in [0, 0.1) is 6.92 Å². The number of thiophene rings is 1. The van der Waals surface area contributed by atoms with Gasteiger partial charge >= 0.3 is 0 Å². The molecule has 5 heteroatoms. The highest BCUT2D eigenvalue weighted by atomic mass is 32.1. The molecule has 0 spiro atoms. The van der Waals surface area contributed by atoms with Gasteiger partial charge in [0.25, 0.3) is 0 Å². The fourth-order valence-electron chi connectivity index (χ4n) is 2.62. The smallest absolute Gasteiger partial charge is 0.244 e. The molecular formula is C17H20N2O2S. The number of morpholine rings is 1. The third-order valence-corrected chi connectivity index (χ3v) is 4.70. The molecule has 0 aliphatic carbocycles. The van der Waals surface area contributed by atoms with Crippen molar-refractivity contribution < 1.29 is 9.53 Å². The molecule has 22 heavy (non-hydrogen) atoms. The molecule has 0 bridgehead atoms. The number of carbonyl (C=O) groups is 1. The highest BCUT2D eigenvalue weighted by Gasteiger charge is 2.29. The second-order valence-electron chi connectivity index (χ2n) is 5.59. The van der Waals surface area contributed by atoms with Gasteiger partial charge in [-0.15, -0.1) is 0 Å². The monoisotopic (exact) mass is 316 g/mol. The molecule has 2 N–H and O–H groups in total. The van der Waals surface area contributed by atoms with Gasteiger partial charge in [0.1, 0.15) is 12.1 Å². The average Bonchev–Trinajstić information content (AvgIpc) is 3.09. The summed E-state index contributed by atoms with van der Waals surface area (Å²) in [5.41, 5.74) is 9.30. The molecule has 1 aromatic carbocycles. The highest BCUT2D eigenvalue weighted by molar-refractivity contribution is 7.07. The van der Waals surface area contributed by atoms with E-state index in [2.05, 4.69) is 5.38 Å². The number of nitrogens with zero attached hydrogens (tertiary/aromatic N) is 1. The number of hydrogen-bond donors (Lipinski definition) is 1. The SMILES string of the molecule is Cc1ccc(C(N)C(=O)N2CCOC(c3ccsc3)C2)cc1. The van der Waals surface area contributed by atoms with Crippen molar-refractivity contribution in [3.05, 3.63) is 57.8 Å². The van der Waals surface area contributed by atoms with Gasteiger partial charge in [-0.1, -0.05) is 29.8 Å². The lowest BCUT2D eigenvalue weighted by Gasteiger charge is -2.34. The Balaban J connectivity index is 1.70. The van der Waals surface area contributed by atoms with E-state index in [1.54, 1.807) is 11.3 Å². The third kappa shape index (κ3) is 3.21. The van der Waals surface area contributed by atoms with Crippen LogP contribution >= 0.6 is 11.3 Å². The van der Waals surface area contributed by atoms with Gasteiger partial charge < -0.3 is 15.4 Å². The molecule has 1 aromatic heterocycles. The molecular weight excluding hydrogens is 296 g/mol. The number of benzene rings is 1. The van der Waals surface area contributed by atoms with Crippen LogP contribution in [0.25, 0.3) is 0 Å². The molecule has 2 unspecified atom stereocenters. The summed E-state index contributed by atoms with van der Waals surface area (Å²) in [5, 5.41) is 4.09. The lowest BCUT2D eigenvalue weighted by molar-refractivity contribution is -0.140. The van der Waals surface area contributed by atoms with Crippen LogP contribution in [0.4, 0.5) is 0 Å². The van der Waals surface area contributed by atoms with E-state index in [0.29, 0.717) is 19.7 Å². The molecule has 116 valence electrons. The Kier molecular flexibility index (Phi) is 4.57. The van der Waals surface area contributed by atoms with Gasteiger partial charge in [0.2, 0.25) is 5.91 Å². The van der Waals surface area contributed by atoms with Crippen LogP contribution in [0.2, 0.25) is 0 Å². The number of nitrogens with two attached hydrogens (primary N) is 1. The Hall–Kier alpha value is -1.69. The summed E-state index contributed by atoms with van der Waals surface area (Å²) >= 11 is 1.64. The van der Waals surface area contributed by atoms with Gasteiger partial charge in [-0.3, -0.25) is 4.79 Å². The van der Waals surface area contributed by atoms with Crippen LogP contribution in [0.15, 0.2) is 41.1 Å². The van der Waals surface area contributed by atoms with E-state index in [1.807, 2.05) is 47.5 Å². The molecule has 1 fully saturated rings. The molecule has 3 rings (SSSR count). The first-order valence-corrected chi connectivity index (χ1v) is 8.34. The van der Waals surface area contributed by atoms with Crippen LogP contribution in [0.1, 0.15) is 28.8 Å². The minimum absolute atomic E-state index is 0.0348. The summed E-state index contributed by atoms with van der Waals surface area (Å²) in [4.78, 5) is 14.5. The second kappa shape index (κ2) is 6.60. The average molecular weight is 316 g/mol. The Morgan fingerprint density at radius 3 is 2.82 bits per heavy atom. The molecule has 1 aliphatic heterocycles. The van der Waals surface area contributed by atoms with Gasteiger partial charge in [0.15, 0.2) is 0 Å². The molecule has 0 saturated carbocycles. The van der Waals surface area contributed by atoms with Gasteiger partial charge in [-0.05, 0) is 34.9 Å². The number of aryl methyl sites for hydroxylation is 1. The summed E-state index contributed by atoms with van der Waals surface area (Å²) < 4.78 is 5.78. The zero-order valence-electron chi connectivity index (χ0n) is 12.6. The Morgan fingerprint density at radius 2 is 2.14 bits per heavy atom. The molecule has 1 amide bonds. The quantitative estimate of drug-likeness (QED) is 0.947. The molecule has 2 heterocycles. The van der Waals surface area contributed by atoms with Gasteiger partial charge in [-0.25, -0.2) is 0 Å². The lowest BCUT2D eigenvalue weighted by atomic mass is 10.0. The Morgan fingerprint density at radius 1 is 1.36 bits per heavy atom. The number of hydrogen-bond acceptors (Lipinski definition) is 4. The van der Waals surface area contributed by atoms with E-state index in [-0.39, 0.29) is 12.0 Å². The fourth-order valence-corrected chi connectivity index (χ4v) is 3.32. The largest absolute Gasteiger partial charge is 0.370 e. The molecule has 0 radical (unpaired) electrons. The van der Waals surface area contributed by atoms with Crippen molar-refractivity contribution in [3.63, 3.8) is 0 Å². The zero-order chi connectivity index (χ0) is 15.5. The van der Waals surface area contributed by atoms with E-state index in [4.69, 9.17) is 10.5 Å². The number of carbonyl (C=O) groups excluding carboxylic acids is 1. The van der Waals surface area contributed by atoms with Crippen molar-refractivity contribution in [1.82, 2.24) is 4.90 Å². The van der Waals surface area contributed by atoms with Crippen LogP contribution in [0.3, 0.4) is 0 Å². The first-order chi connectivity index (χ1) is 10.6. The van der Waals surface area contributed by atoms with Crippen molar-refractivity contribution in [2.75, 3.05) is 19.7 Å². The maximum Gasteiger partial charge on any atom is 0.244 e. The van der Waals surface area contributed by atoms with Crippen LogP contribution in [0.5, 0.6) is 0 Å². The minimum atomic E-state index is -0.609. The predicted molar refractivity (Wildman–Crippen MR) is 87.7 cm³/mol. The highest BCUT2D eigenvalue weighted by Crippen LogP contribution is 2.25. The molecule has 1 saturated heterocycles. The van der Waals surface area contributed by atoms with Crippen LogP contribution in [-0.4, -0.2) is 30.5 Å². The summed E-state index contributed by atoms with van der Waals surface area (Å²) in [6, 6.07) is 9.25. The first-order valence-electron chi connectivity index (χ1n) is 7.40. The van der Waals surface area contributed by atoms with Crippen molar-refractivity contribution in [2.45, 2.75) is 19.1 Å². The second-order valence-corrected chi connectivity index (χ2v) is 6.37. The van der Waals surface area contributed by atoms with E-state index in [9.17, 15) is 4.79 Å². The zero-order valence-corrected chi connectivity index (χ0v) is 13.4. The first kappa shape index (κ1) is 15.2. The van der Waals surface area contributed by atoms with E-state index in [1.165, 1.54) is 0 Å². The summed E-state index contributed by atoms with van der Waals surface area (Å²) in [7, 11) is 0. The van der Waals surface area contributed by atoms with Gasteiger partial charge in [0.05, 0.1) is 13.2 Å². The third-order valence-electron chi connectivity index (χ3n) is 4.00.